The first kappa shape index (κ1) is 19.2. The van der Waals surface area contributed by atoms with Gasteiger partial charge < -0.3 is 9.47 Å². The smallest absolute Gasteiger partial charge is 0.180 e. The van der Waals surface area contributed by atoms with Crippen LogP contribution < -0.4 is 0 Å². The third-order valence-electron chi connectivity index (χ3n) is 5.98. The average Bonchev–Trinajstić information content (AvgIpc) is 3.25. The van der Waals surface area contributed by atoms with E-state index in [9.17, 15) is 8.42 Å². The van der Waals surface area contributed by atoms with Crippen LogP contribution in [0.5, 0.6) is 0 Å². The van der Waals surface area contributed by atoms with Crippen LogP contribution in [-0.2, 0) is 22.8 Å². The second-order valence-corrected chi connectivity index (χ2v) is 10.1. The SMILES string of the molecule is Cc1ccc(S(=O)(=O)CCn2cc(C[C@@H]3CCCN3C)c3ccccc32)cc1. The van der Waals surface area contributed by atoms with E-state index in [4.69, 9.17) is 0 Å². The average molecular weight is 397 g/mol. The number of aryl methyl sites for hydroxylation is 2. The van der Waals surface area contributed by atoms with Gasteiger partial charge in [-0.2, -0.15) is 0 Å². The van der Waals surface area contributed by atoms with Crippen molar-refractivity contribution in [3.8, 4) is 0 Å². The van der Waals surface area contributed by atoms with Gasteiger partial charge in [0.25, 0.3) is 0 Å². The first-order valence-electron chi connectivity index (χ1n) is 10.0. The van der Waals surface area contributed by atoms with Crippen molar-refractivity contribution in [2.45, 2.75) is 43.7 Å². The molecule has 0 bridgehead atoms. The van der Waals surface area contributed by atoms with Crippen LogP contribution in [0, 0.1) is 6.92 Å². The van der Waals surface area contributed by atoms with Crippen molar-refractivity contribution < 1.29 is 8.42 Å². The number of hydrogen-bond acceptors (Lipinski definition) is 3. The summed E-state index contributed by atoms with van der Waals surface area (Å²) in [6.07, 6.45) is 5.68. The van der Waals surface area contributed by atoms with E-state index in [1.54, 1.807) is 12.1 Å². The number of rotatable bonds is 6. The largest absolute Gasteiger partial charge is 0.346 e. The minimum atomic E-state index is -3.29. The highest BCUT2D eigenvalue weighted by Gasteiger charge is 2.23. The molecule has 1 aromatic heterocycles. The minimum absolute atomic E-state index is 0.109. The Bertz CT molecular complexity index is 1070. The fraction of sp³-hybridized carbons (Fsp3) is 0.391. The van der Waals surface area contributed by atoms with Crippen molar-refractivity contribution in [3.05, 3.63) is 65.9 Å². The van der Waals surface area contributed by atoms with E-state index in [-0.39, 0.29) is 5.75 Å². The van der Waals surface area contributed by atoms with Gasteiger partial charge in [0, 0.05) is 29.7 Å². The topological polar surface area (TPSA) is 42.3 Å². The number of hydrogen-bond donors (Lipinski definition) is 0. The van der Waals surface area contributed by atoms with E-state index < -0.39 is 9.84 Å². The molecule has 0 amide bonds. The van der Waals surface area contributed by atoms with Gasteiger partial charge >= 0.3 is 0 Å². The molecule has 0 saturated carbocycles. The summed E-state index contributed by atoms with van der Waals surface area (Å²) in [5, 5.41) is 1.25. The number of likely N-dealkylation sites (N-methyl/N-ethyl adjacent to an activating group) is 1. The summed E-state index contributed by atoms with van der Waals surface area (Å²) in [5.41, 5.74) is 3.51. The molecule has 3 aromatic rings. The molecule has 2 heterocycles. The molecule has 0 unspecified atom stereocenters. The molecule has 4 rings (SSSR count). The molecular formula is C23H28N2O2S. The molecule has 0 spiro atoms. The lowest BCUT2D eigenvalue weighted by Gasteiger charge is -2.18. The third-order valence-corrected chi connectivity index (χ3v) is 7.69. The Balaban J connectivity index is 1.58. The predicted molar refractivity (Wildman–Crippen MR) is 115 cm³/mol. The van der Waals surface area contributed by atoms with Crippen molar-refractivity contribution in [1.82, 2.24) is 9.47 Å². The maximum atomic E-state index is 12.8. The van der Waals surface area contributed by atoms with Crippen LogP contribution in [0.1, 0.15) is 24.0 Å². The zero-order valence-electron chi connectivity index (χ0n) is 16.6. The number of aromatic nitrogens is 1. The lowest BCUT2D eigenvalue weighted by molar-refractivity contribution is 0.309. The number of nitrogens with zero attached hydrogens (tertiary/aromatic N) is 2. The van der Waals surface area contributed by atoms with E-state index in [1.165, 1.54) is 23.8 Å². The van der Waals surface area contributed by atoms with E-state index >= 15 is 0 Å². The molecular weight excluding hydrogens is 368 g/mol. The summed E-state index contributed by atoms with van der Waals surface area (Å²) >= 11 is 0. The minimum Gasteiger partial charge on any atom is -0.346 e. The summed E-state index contributed by atoms with van der Waals surface area (Å²) in [7, 11) is -1.10. The van der Waals surface area contributed by atoms with Crippen LogP contribution >= 0.6 is 0 Å². The number of para-hydroxylation sites is 1. The molecule has 0 N–H and O–H groups in total. The van der Waals surface area contributed by atoms with Crippen LogP contribution in [-0.4, -0.2) is 43.3 Å². The number of sulfone groups is 1. The lowest BCUT2D eigenvalue weighted by Crippen LogP contribution is -2.26. The Morgan fingerprint density at radius 2 is 1.82 bits per heavy atom. The van der Waals surface area contributed by atoms with Gasteiger partial charge in [0.1, 0.15) is 0 Å². The highest BCUT2D eigenvalue weighted by molar-refractivity contribution is 7.91. The van der Waals surface area contributed by atoms with Crippen molar-refractivity contribution in [2.24, 2.45) is 0 Å². The van der Waals surface area contributed by atoms with Crippen molar-refractivity contribution >= 4 is 20.7 Å². The predicted octanol–water partition coefficient (Wildman–Crippen LogP) is 4.06. The molecule has 1 aliphatic rings. The van der Waals surface area contributed by atoms with Crippen LogP contribution in [0.2, 0.25) is 0 Å². The highest BCUT2D eigenvalue weighted by atomic mass is 32.2. The van der Waals surface area contributed by atoms with E-state index in [2.05, 4.69) is 40.9 Å². The van der Waals surface area contributed by atoms with E-state index in [0.717, 1.165) is 24.0 Å². The van der Waals surface area contributed by atoms with Crippen LogP contribution in [0.25, 0.3) is 10.9 Å². The van der Waals surface area contributed by atoms with Crippen molar-refractivity contribution in [1.29, 1.82) is 0 Å². The van der Waals surface area contributed by atoms with Crippen LogP contribution in [0.3, 0.4) is 0 Å². The molecule has 1 atom stereocenters. The Labute approximate surface area is 167 Å². The monoisotopic (exact) mass is 396 g/mol. The Kier molecular flexibility index (Phi) is 5.30. The van der Waals surface area contributed by atoms with Crippen LogP contribution in [0.4, 0.5) is 0 Å². The van der Waals surface area contributed by atoms with Crippen molar-refractivity contribution in [3.63, 3.8) is 0 Å². The lowest BCUT2D eigenvalue weighted by atomic mass is 10.0. The summed E-state index contributed by atoms with van der Waals surface area (Å²) in [6, 6.07) is 16.0. The van der Waals surface area contributed by atoms with Gasteiger partial charge in [-0.15, -0.1) is 0 Å². The van der Waals surface area contributed by atoms with E-state index in [0.29, 0.717) is 17.5 Å². The van der Waals surface area contributed by atoms with Crippen LogP contribution in [0.15, 0.2) is 59.6 Å². The first-order valence-corrected chi connectivity index (χ1v) is 11.7. The Morgan fingerprint density at radius 3 is 2.54 bits per heavy atom. The normalized spacial score (nSPS) is 18.1. The standard InChI is InChI=1S/C23H28N2O2S/c1-18-9-11-21(12-10-18)28(26,27)15-14-25-17-19(16-20-6-5-13-24(20)2)22-7-3-4-8-23(22)25/h3-4,7-12,17,20H,5-6,13-16H2,1-2H3/t20-/m0/s1. The molecule has 2 aromatic carbocycles. The molecule has 28 heavy (non-hydrogen) atoms. The first-order chi connectivity index (χ1) is 13.4. The zero-order chi connectivity index (χ0) is 19.7. The maximum Gasteiger partial charge on any atom is 0.180 e. The highest BCUT2D eigenvalue weighted by Crippen LogP contribution is 2.27. The second-order valence-electron chi connectivity index (χ2n) is 7.98. The fourth-order valence-corrected chi connectivity index (χ4v) is 5.47. The molecule has 1 saturated heterocycles. The zero-order valence-corrected chi connectivity index (χ0v) is 17.5. The Morgan fingerprint density at radius 1 is 1.07 bits per heavy atom. The number of fused-ring (bicyclic) bond motifs is 1. The number of likely N-dealkylation sites (tertiary alicyclic amines) is 1. The fourth-order valence-electron chi connectivity index (χ4n) is 4.24. The van der Waals surface area contributed by atoms with Gasteiger partial charge in [0.15, 0.2) is 9.84 Å². The van der Waals surface area contributed by atoms with E-state index in [1.807, 2.05) is 25.1 Å². The summed E-state index contributed by atoms with van der Waals surface area (Å²) in [5.74, 6) is 0.109. The van der Waals surface area contributed by atoms with Gasteiger partial charge in [0.05, 0.1) is 10.6 Å². The molecule has 1 fully saturated rings. The molecule has 0 aliphatic carbocycles. The van der Waals surface area contributed by atoms with Gasteiger partial charge in [-0.1, -0.05) is 35.9 Å². The second kappa shape index (κ2) is 7.72. The van der Waals surface area contributed by atoms with Gasteiger partial charge in [-0.25, -0.2) is 8.42 Å². The molecule has 4 nitrogen and oxygen atoms in total. The molecule has 1 aliphatic heterocycles. The van der Waals surface area contributed by atoms with Gasteiger partial charge in [-0.05, 0) is 63.5 Å². The van der Waals surface area contributed by atoms with Gasteiger partial charge in [-0.3, -0.25) is 0 Å². The Hall–Kier alpha value is -2.11. The summed E-state index contributed by atoms with van der Waals surface area (Å²) in [4.78, 5) is 2.84. The third kappa shape index (κ3) is 3.87. The van der Waals surface area contributed by atoms with Gasteiger partial charge in [0.2, 0.25) is 0 Å². The van der Waals surface area contributed by atoms with Crippen molar-refractivity contribution in [2.75, 3.05) is 19.3 Å². The number of benzene rings is 2. The molecule has 148 valence electrons. The maximum absolute atomic E-state index is 12.8. The molecule has 0 radical (unpaired) electrons. The summed E-state index contributed by atoms with van der Waals surface area (Å²) in [6.45, 7) is 3.60. The quantitative estimate of drug-likeness (QED) is 0.631. The summed E-state index contributed by atoms with van der Waals surface area (Å²) < 4.78 is 27.6. The molecule has 5 heteroatoms.